The minimum absolute atomic E-state index is 0.0177. The lowest BCUT2D eigenvalue weighted by atomic mass is 10.6. The van der Waals surface area contributed by atoms with E-state index in [9.17, 15) is 9.59 Å². The highest BCUT2D eigenvalue weighted by molar-refractivity contribution is 5.68. The second kappa shape index (κ2) is 3.04. The maximum absolute atomic E-state index is 10.9. The van der Waals surface area contributed by atoms with Crippen LogP contribution in [0.25, 0.3) is 0 Å². The Labute approximate surface area is 67.4 Å². The first-order valence-corrected chi connectivity index (χ1v) is 3.13. The molecule has 12 heavy (non-hydrogen) atoms. The topological polar surface area (TPSA) is 98.1 Å². The van der Waals surface area contributed by atoms with Crippen LogP contribution in [0.1, 0.15) is 6.92 Å². The largest absolute Gasteiger partial charge is 0.419 e. The Morgan fingerprint density at radius 2 is 2.42 bits per heavy atom. The molecule has 0 saturated carbocycles. The number of nitrogens with one attached hydrogen (secondary N) is 1. The van der Waals surface area contributed by atoms with E-state index in [2.05, 4.69) is 14.7 Å². The van der Waals surface area contributed by atoms with Gasteiger partial charge < -0.3 is 10.5 Å². The maximum atomic E-state index is 10.9. The molecular formula is C6H7N3O3. The first kappa shape index (κ1) is 8.25. The Bertz CT molecular complexity index is 357. The number of hydrogen-bond acceptors (Lipinski definition) is 5. The lowest BCUT2D eigenvalue weighted by molar-refractivity contribution is -0.132. The summed E-state index contributed by atoms with van der Waals surface area (Å²) in [6, 6.07) is 0. The fourth-order valence-electron chi connectivity index (χ4n) is 0.625. The summed E-state index contributed by atoms with van der Waals surface area (Å²) >= 11 is 0. The molecule has 0 spiro atoms. The van der Waals surface area contributed by atoms with Gasteiger partial charge in [0.15, 0.2) is 5.95 Å². The Morgan fingerprint density at radius 1 is 1.75 bits per heavy atom. The Hall–Kier alpha value is -1.85. The normalized spacial score (nSPS) is 9.42. The van der Waals surface area contributed by atoms with Crippen molar-refractivity contribution < 1.29 is 9.53 Å². The van der Waals surface area contributed by atoms with Gasteiger partial charge in [-0.3, -0.25) is 14.6 Å². The molecule has 0 aromatic carbocycles. The summed E-state index contributed by atoms with van der Waals surface area (Å²) in [6.45, 7) is 1.19. The highest BCUT2D eigenvalue weighted by Crippen LogP contribution is 1.99. The number of aromatic nitrogens is 2. The summed E-state index contributed by atoms with van der Waals surface area (Å²) in [7, 11) is 0. The molecule has 3 N–H and O–H groups in total. The van der Waals surface area contributed by atoms with Crippen LogP contribution in [-0.4, -0.2) is 15.9 Å². The quantitative estimate of drug-likeness (QED) is 0.540. The summed E-state index contributed by atoms with van der Waals surface area (Å²) in [5.41, 5.74) is 4.58. The van der Waals surface area contributed by atoms with Crippen molar-refractivity contribution in [2.24, 2.45) is 0 Å². The third-order valence-corrected chi connectivity index (χ3v) is 1.04. The minimum Gasteiger partial charge on any atom is -0.419 e. The number of ether oxygens (including phenoxy) is 1. The zero-order valence-electron chi connectivity index (χ0n) is 6.33. The van der Waals surface area contributed by atoms with Gasteiger partial charge in [0, 0.05) is 6.92 Å². The van der Waals surface area contributed by atoms with E-state index in [-0.39, 0.29) is 11.7 Å². The van der Waals surface area contributed by atoms with Crippen molar-refractivity contribution in [3.05, 3.63) is 16.6 Å². The molecule has 0 atom stereocenters. The van der Waals surface area contributed by atoms with E-state index in [4.69, 9.17) is 5.73 Å². The lowest BCUT2D eigenvalue weighted by Gasteiger charge is -1.98. The van der Waals surface area contributed by atoms with E-state index in [0.29, 0.717) is 0 Å². The molecular weight excluding hydrogens is 162 g/mol. The second-order valence-corrected chi connectivity index (χ2v) is 2.06. The SMILES string of the molecule is CC(=O)Oc1cnc(N)[nH]c1=O. The molecule has 0 radical (unpaired) electrons. The number of H-pyrrole nitrogens is 1. The number of aromatic amines is 1. The second-order valence-electron chi connectivity index (χ2n) is 2.06. The van der Waals surface area contributed by atoms with Crippen molar-refractivity contribution in [3.8, 4) is 5.75 Å². The van der Waals surface area contributed by atoms with E-state index in [0.717, 1.165) is 6.20 Å². The van der Waals surface area contributed by atoms with Crippen LogP contribution >= 0.6 is 0 Å². The number of esters is 1. The van der Waals surface area contributed by atoms with E-state index < -0.39 is 11.5 Å². The summed E-state index contributed by atoms with van der Waals surface area (Å²) in [6.07, 6.45) is 1.09. The molecule has 64 valence electrons. The molecule has 0 aliphatic heterocycles. The number of nitrogen functional groups attached to an aromatic ring is 1. The molecule has 0 fully saturated rings. The van der Waals surface area contributed by atoms with Crippen molar-refractivity contribution in [2.75, 3.05) is 5.73 Å². The van der Waals surface area contributed by atoms with Crippen LogP contribution in [0.5, 0.6) is 5.75 Å². The van der Waals surface area contributed by atoms with Crippen molar-refractivity contribution in [3.63, 3.8) is 0 Å². The molecule has 0 saturated heterocycles. The molecule has 6 heteroatoms. The van der Waals surface area contributed by atoms with Gasteiger partial charge in [-0.2, -0.15) is 0 Å². The smallest absolute Gasteiger partial charge is 0.308 e. The van der Waals surface area contributed by atoms with Gasteiger partial charge in [-0.05, 0) is 0 Å². The lowest BCUT2D eigenvalue weighted by Crippen LogP contribution is -2.16. The van der Waals surface area contributed by atoms with E-state index >= 15 is 0 Å². The number of nitrogens with zero attached hydrogens (tertiary/aromatic N) is 1. The number of hydrogen-bond donors (Lipinski definition) is 2. The zero-order valence-corrected chi connectivity index (χ0v) is 6.33. The molecule has 0 aliphatic rings. The average Bonchev–Trinajstić information content (AvgIpc) is 1.94. The van der Waals surface area contributed by atoms with E-state index in [1.54, 1.807) is 0 Å². The third-order valence-electron chi connectivity index (χ3n) is 1.04. The van der Waals surface area contributed by atoms with Gasteiger partial charge in [0.25, 0.3) is 5.56 Å². The molecule has 0 aliphatic carbocycles. The van der Waals surface area contributed by atoms with Gasteiger partial charge >= 0.3 is 5.97 Å². The maximum Gasteiger partial charge on any atom is 0.308 e. The van der Waals surface area contributed by atoms with Gasteiger partial charge in [0.1, 0.15) is 0 Å². The van der Waals surface area contributed by atoms with Gasteiger partial charge in [-0.25, -0.2) is 4.98 Å². The third kappa shape index (κ3) is 1.82. The molecule has 0 bridgehead atoms. The molecule has 1 heterocycles. The number of rotatable bonds is 1. The average molecular weight is 169 g/mol. The fraction of sp³-hybridized carbons (Fsp3) is 0.167. The van der Waals surface area contributed by atoms with Crippen LogP contribution < -0.4 is 16.0 Å². The van der Waals surface area contributed by atoms with Crippen molar-refractivity contribution in [2.45, 2.75) is 6.92 Å². The van der Waals surface area contributed by atoms with Crippen LogP contribution in [0.4, 0.5) is 5.95 Å². The first-order valence-electron chi connectivity index (χ1n) is 3.13. The van der Waals surface area contributed by atoms with Crippen LogP contribution in [0, 0.1) is 0 Å². The Morgan fingerprint density at radius 3 is 2.92 bits per heavy atom. The summed E-state index contributed by atoms with van der Waals surface area (Å²) in [5.74, 6) is -0.750. The van der Waals surface area contributed by atoms with Crippen LogP contribution in [0.2, 0.25) is 0 Å². The molecule has 0 amide bonds. The fourth-order valence-corrected chi connectivity index (χ4v) is 0.625. The van der Waals surface area contributed by atoms with Gasteiger partial charge in [0.2, 0.25) is 5.75 Å². The summed E-state index contributed by atoms with van der Waals surface area (Å²) < 4.78 is 4.50. The van der Waals surface area contributed by atoms with Crippen LogP contribution in [-0.2, 0) is 4.79 Å². The van der Waals surface area contributed by atoms with Gasteiger partial charge in [-0.1, -0.05) is 0 Å². The number of carbonyl (C=O) groups excluding carboxylic acids is 1. The predicted octanol–water partition coefficient (Wildman–Crippen LogP) is -0.723. The molecule has 1 aromatic heterocycles. The standard InChI is InChI=1S/C6H7N3O3/c1-3(10)12-4-2-8-6(7)9-5(4)11/h2H,1H3,(H3,7,8,9,11). The first-order chi connectivity index (χ1) is 5.59. The number of nitrogens with two attached hydrogens (primary N) is 1. The van der Waals surface area contributed by atoms with Crippen molar-refractivity contribution >= 4 is 11.9 Å². The molecule has 6 nitrogen and oxygen atoms in total. The Kier molecular flexibility index (Phi) is 2.09. The van der Waals surface area contributed by atoms with Gasteiger partial charge in [0.05, 0.1) is 6.20 Å². The minimum atomic E-state index is -0.577. The molecule has 0 unspecified atom stereocenters. The Balaban J connectivity index is 3.02. The summed E-state index contributed by atoms with van der Waals surface area (Å²) in [4.78, 5) is 27.1. The van der Waals surface area contributed by atoms with Crippen LogP contribution in [0.15, 0.2) is 11.0 Å². The zero-order chi connectivity index (χ0) is 9.14. The monoisotopic (exact) mass is 169 g/mol. The van der Waals surface area contributed by atoms with E-state index in [1.165, 1.54) is 6.92 Å². The highest BCUT2D eigenvalue weighted by atomic mass is 16.5. The highest BCUT2D eigenvalue weighted by Gasteiger charge is 2.03. The summed E-state index contributed by atoms with van der Waals surface area (Å²) in [5, 5.41) is 0. The molecule has 1 aromatic rings. The predicted molar refractivity (Wildman–Crippen MR) is 40.6 cm³/mol. The van der Waals surface area contributed by atoms with Crippen molar-refractivity contribution in [1.82, 2.24) is 9.97 Å². The molecule has 1 rings (SSSR count). The number of carbonyl (C=O) groups is 1. The van der Waals surface area contributed by atoms with Crippen LogP contribution in [0.3, 0.4) is 0 Å². The van der Waals surface area contributed by atoms with Gasteiger partial charge in [-0.15, -0.1) is 0 Å². The number of anilines is 1. The van der Waals surface area contributed by atoms with Crippen molar-refractivity contribution in [1.29, 1.82) is 0 Å². The van der Waals surface area contributed by atoms with E-state index in [1.807, 2.05) is 0 Å².